The van der Waals surface area contributed by atoms with Crippen LogP contribution in [0.2, 0.25) is 0 Å². The van der Waals surface area contributed by atoms with Crippen LogP contribution >= 0.6 is 11.9 Å². The van der Waals surface area contributed by atoms with E-state index in [0.29, 0.717) is 12.2 Å². The van der Waals surface area contributed by atoms with Gasteiger partial charge < -0.3 is 14.6 Å². The van der Waals surface area contributed by atoms with Crippen molar-refractivity contribution in [2.75, 3.05) is 19.7 Å². The van der Waals surface area contributed by atoms with Gasteiger partial charge in [-0.3, -0.25) is 4.79 Å². The highest BCUT2D eigenvalue weighted by atomic mass is 32.2. The first-order valence-electron chi connectivity index (χ1n) is 10.1. The number of amides is 1. The van der Waals surface area contributed by atoms with E-state index in [2.05, 4.69) is 29.5 Å². The van der Waals surface area contributed by atoms with Crippen LogP contribution in [0.4, 0.5) is 0 Å². The van der Waals surface area contributed by atoms with Crippen molar-refractivity contribution in [3.63, 3.8) is 0 Å². The predicted molar refractivity (Wildman–Crippen MR) is 113 cm³/mol. The molecule has 4 rings (SSSR count). The molecule has 0 unspecified atom stereocenters. The molecule has 2 aliphatic heterocycles. The van der Waals surface area contributed by atoms with Crippen LogP contribution in [0.1, 0.15) is 47.1 Å². The summed E-state index contributed by atoms with van der Waals surface area (Å²) in [6.07, 6.45) is 3.44. The number of ether oxygens (including phenoxy) is 1. The molecule has 6 heteroatoms. The molecule has 1 amide bonds. The molecule has 1 saturated heterocycles. The van der Waals surface area contributed by atoms with Gasteiger partial charge >= 0.3 is 0 Å². The number of nitrogens with zero attached hydrogens (tertiary/aromatic N) is 2. The van der Waals surface area contributed by atoms with Gasteiger partial charge in [0.2, 0.25) is 0 Å². The minimum Gasteiger partial charge on any atom is -0.493 e. The molecule has 0 atom stereocenters. The zero-order valence-electron chi connectivity index (χ0n) is 17.0. The lowest BCUT2D eigenvalue weighted by molar-refractivity contribution is 0.0942. The molecule has 150 valence electrons. The molecule has 3 heterocycles. The highest BCUT2D eigenvalue weighted by Gasteiger charge is 2.22. The minimum atomic E-state index is -0.0414. The molecule has 0 radical (unpaired) electrons. The van der Waals surface area contributed by atoms with Gasteiger partial charge in [0.05, 0.1) is 6.61 Å². The summed E-state index contributed by atoms with van der Waals surface area (Å²) in [5, 5.41) is 3.07. The van der Waals surface area contributed by atoms with Gasteiger partial charge in [0, 0.05) is 49.3 Å². The van der Waals surface area contributed by atoms with E-state index in [4.69, 9.17) is 4.74 Å². The summed E-state index contributed by atoms with van der Waals surface area (Å²) < 4.78 is 10.2. The maximum Gasteiger partial charge on any atom is 0.268 e. The molecule has 1 aromatic heterocycles. The van der Waals surface area contributed by atoms with Gasteiger partial charge in [-0.15, -0.1) is 0 Å². The number of nitrogens with one attached hydrogen (secondary N) is 1. The monoisotopic (exact) mass is 399 g/mol. The second-order valence-electron chi connectivity index (χ2n) is 7.93. The third-order valence-electron chi connectivity index (χ3n) is 5.93. The van der Waals surface area contributed by atoms with Crippen LogP contribution in [0.5, 0.6) is 5.75 Å². The topological polar surface area (TPSA) is 46.5 Å². The van der Waals surface area contributed by atoms with E-state index >= 15 is 0 Å². The molecule has 2 aromatic rings. The smallest absolute Gasteiger partial charge is 0.268 e. The molecule has 2 aliphatic rings. The van der Waals surface area contributed by atoms with Gasteiger partial charge in [-0.25, -0.2) is 4.31 Å². The van der Waals surface area contributed by atoms with Crippen molar-refractivity contribution in [3.8, 4) is 5.75 Å². The molecule has 0 spiro atoms. The van der Waals surface area contributed by atoms with Gasteiger partial charge in [-0.2, -0.15) is 0 Å². The number of benzene rings is 1. The van der Waals surface area contributed by atoms with Crippen LogP contribution in [0.15, 0.2) is 29.2 Å². The van der Waals surface area contributed by atoms with Gasteiger partial charge in [0.1, 0.15) is 11.4 Å². The van der Waals surface area contributed by atoms with Crippen molar-refractivity contribution in [1.82, 2.24) is 14.2 Å². The maximum absolute atomic E-state index is 12.8. The van der Waals surface area contributed by atoms with Crippen molar-refractivity contribution in [2.24, 2.45) is 13.0 Å². The Bertz CT molecular complexity index is 869. The lowest BCUT2D eigenvalue weighted by Crippen LogP contribution is -2.27. The molecule has 1 fully saturated rings. The largest absolute Gasteiger partial charge is 0.493 e. The quantitative estimate of drug-likeness (QED) is 0.774. The van der Waals surface area contributed by atoms with Crippen LogP contribution < -0.4 is 10.1 Å². The van der Waals surface area contributed by atoms with Gasteiger partial charge in [-0.05, 0) is 49.3 Å². The Kier molecular flexibility index (Phi) is 5.69. The van der Waals surface area contributed by atoms with Crippen LogP contribution in [0.25, 0.3) is 0 Å². The number of carbonyl (C=O) groups is 1. The molecule has 0 bridgehead atoms. The number of aromatic nitrogens is 1. The number of fused-ring (bicyclic) bond motifs is 1. The Morgan fingerprint density at radius 3 is 2.89 bits per heavy atom. The fourth-order valence-electron chi connectivity index (χ4n) is 3.89. The first-order valence-corrected chi connectivity index (χ1v) is 10.9. The third-order valence-corrected chi connectivity index (χ3v) is 7.16. The van der Waals surface area contributed by atoms with Crippen LogP contribution in [0, 0.1) is 12.8 Å². The molecule has 1 aromatic carbocycles. The Morgan fingerprint density at radius 1 is 1.32 bits per heavy atom. The average molecular weight is 400 g/mol. The van der Waals surface area contributed by atoms with E-state index in [1.54, 1.807) is 11.9 Å². The lowest BCUT2D eigenvalue weighted by Gasteiger charge is -2.28. The highest BCUT2D eigenvalue weighted by Crippen LogP contribution is 2.32. The number of para-hydroxylation sites is 1. The van der Waals surface area contributed by atoms with Crippen molar-refractivity contribution in [1.29, 1.82) is 0 Å². The molecule has 5 nitrogen and oxygen atoms in total. The number of carbonyl (C=O) groups excluding carboxylic acids is 1. The number of hydrogen-bond donors (Lipinski definition) is 1. The average Bonchev–Trinajstić information content (AvgIpc) is 3.28. The minimum absolute atomic E-state index is 0.0414. The molecule has 1 N–H and O–H groups in total. The van der Waals surface area contributed by atoms with Gasteiger partial charge in [0.15, 0.2) is 0 Å². The van der Waals surface area contributed by atoms with Crippen molar-refractivity contribution >= 4 is 17.9 Å². The molecular weight excluding hydrogens is 370 g/mol. The summed E-state index contributed by atoms with van der Waals surface area (Å²) in [7, 11) is 1.97. The standard InChI is InChI=1S/C22H29N3O2S/c1-15-7-10-25(11-8-15)28-20-13-19(24(3)16(20)2)22(26)23-14-18-6-4-5-17-9-12-27-21(17)18/h4-6,13,15H,7-12,14H2,1-3H3,(H,23,26). The first kappa shape index (κ1) is 19.4. The highest BCUT2D eigenvalue weighted by molar-refractivity contribution is 7.97. The van der Waals surface area contributed by atoms with E-state index in [9.17, 15) is 4.79 Å². The maximum atomic E-state index is 12.8. The second-order valence-corrected chi connectivity index (χ2v) is 9.07. The van der Waals surface area contributed by atoms with E-state index < -0.39 is 0 Å². The van der Waals surface area contributed by atoms with Crippen molar-refractivity contribution < 1.29 is 9.53 Å². The fourth-order valence-corrected chi connectivity index (χ4v) is 4.99. The Balaban J connectivity index is 1.42. The summed E-state index contributed by atoms with van der Waals surface area (Å²) >= 11 is 1.79. The molecular formula is C22H29N3O2S. The van der Waals surface area contributed by atoms with Crippen LogP contribution in [-0.4, -0.2) is 34.5 Å². The number of hydrogen-bond acceptors (Lipinski definition) is 4. The second kappa shape index (κ2) is 8.21. The fraction of sp³-hybridized carbons (Fsp3) is 0.500. The summed E-state index contributed by atoms with van der Waals surface area (Å²) in [6.45, 7) is 7.85. The Hall–Kier alpha value is -1.92. The zero-order chi connectivity index (χ0) is 19.7. The molecule has 0 aliphatic carbocycles. The van der Waals surface area contributed by atoms with Gasteiger partial charge in [0.25, 0.3) is 5.91 Å². The van der Waals surface area contributed by atoms with Crippen molar-refractivity contribution in [2.45, 2.75) is 44.6 Å². The SMILES string of the molecule is Cc1c(SN2CCC(C)CC2)cc(C(=O)NCc2cccc3c2OCC3)n1C. The first-order chi connectivity index (χ1) is 13.5. The lowest BCUT2D eigenvalue weighted by atomic mass is 10.0. The number of rotatable bonds is 5. The van der Waals surface area contributed by atoms with Gasteiger partial charge in [-0.1, -0.05) is 25.1 Å². The summed E-state index contributed by atoms with van der Waals surface area (Å²) in [6, 6.07) is 8.19. The van der Waals surface area contributed by atoms with E-state index in [1.165, 1.54) is 23.3 Å². The van der Waals surface area contributed by atoms with Crippen molar-refractivity contribution in [3.05, 3.63) is 46.8 Å². The van der Waals surface area contributed by atoms with E-state index in [-0.39, 0.29) is 5.91 Å². The zero-order valence-corrected chi connectivity index (χ0v) is 17.8. The van der Waals surface area contributed by atoms with E-state index in [0.717, 1.165) is 49.0 Å². The predicted octanol–water partition coefficient (Wildman–Crippen LogP) is 3.94. The molecule has 0 saturated carbocycles. The number of piperidine rings is 1. The Morgan fingerprint density at radius 2 is 2.11 bits per heavy atom. The van der Waals surface area contributed by atoms with Crippen LogP contribution in [0.3, 0.4) is 0 Å². The molecule has 28 heavy (non-hydrogen) atoms. The third kappa shape index (κ3) is 3.94. The van der Waals surface area contributed by atoms with Crippen LogP contribution in [-0.2, 0) is 20.0 Å². The summed E-state index contributed by atoms with van der Waals surface area (Å²) in [5.41, 5.74) is 4.12. The van der Waals surface area contributed by atoms with E-state index in [1.807, 2.05) is 29.8 Å². The summed E-state index contributed by atoms with van der Waals surface area (Å²) in [4.78, 5) is 14.0. The summed E-state index contributed by atoms with van der Waals surface area (Å²) in [5.74, 6) is 1.72. The Labute approximate surface area is 171 Å². The normalized spacial score (nSPS) is 17.4.